The maximum Gasteiger partial charge on any atom is 0.153 e. The number of hydrogen-bond donors (Lipinski definition) is 1. The van der Waals surface area contributed by atoms with Crippen LogP contribution in [0.15, 0.2) is 10.5 Å². The van der Waals surface area contributed by atoms with Gasteiger partial charge in [-0.05, 0) is 22.0 Å². The molecule has 12 heavy (non-hydrogen) atoms. The van der Waals surface area contributed by atoms with E-state index in [4.69, 9.17) is 23.2 Å². The van der Waals surface area contributed by atoms with Crippen molar-refractivity contribution in [1.82, 2.24) is 0 Å². The van der Waals surface area contributed by atoms with E-state index in [1.165, 1.54) is 6.07 Å². The predicted octanol–water partition coefficient (Wildman–Crippen LogP) is 3.27. The van der Waals surface area contributed by atoms with E-state index in [9.17, 15) is 9.90 Å². The number of rotatable bonds is 1. The summed E-state index contributed by atoms with van der Waals surface area (Å²) in [5.74, 6) is -0.274. The third-order valence-corrected chi connectivity index (χ3v) is 2.63. The van der Waals surface area contributed by atoms with Crippen molar-refractivity contribution in [3.8, 4) is 5.75 Å². The Labute approximate surface area is 87.2 Å². The Morgan fingerprint density at radius 3 is 2.58 bits per heavy atom. The summed E-state index contributed by atoms with van der Waals surface area (Å²) in [6, 6.07) is 1.41. The molecule has 0 saturated heterocycles. The van der Waals surface area contributed by atoms with Crippen molar-refractivity contribution in [2.75, 3.05) is 0 Å². The molecular weight excluding hydrogens is 267 g/mol. The Morgan fingerprint density at radius 2 is 2.08 bits per heavy atom. The van der Waals surface area contributed by atoms with Crippen molar-refractivity contribution in [2.45, 2.75) is 0 Å². The SMILES string of the molecule is O=Cc1c(Br)cc(Cl)c(O)c1Cl. The molecule has 0 spiro atoms. The van der Waals surface area contributed by atoms with E-state index in [-0.39, 0.29) is 21.4 Å². The van der Waals surface area contributed by atoms with E-state index in [1.807, 2.05) is 0 Å². The van der Waals surface area contributed by atoms with E-state index < -0.39 is 0 Å². The van der Waals surface area contributed by atoms with E-state index in [1.54, 1.807) is 0 Å². The van der Waals surface area contributed by atoms with Gasteiger partial charge in [0.05, 0.1) is 15.6 Å². The highest BCUT2D eigenvalue weighted by molar-refractivity contribution is 9.10. The molecule has 2 nitrogen and oxygen atoms in total. The van der Waals surface area contributed by atoms with Crippen LogP contribution in [0.25, 0.3) is 0 Å². The smallest absolute Gasteiger partial charge is 0.153 e. The van der Waals surface area contributed by atoms with Gasteiger partial charge in [-0.2, -0.15) is 0 Å². The van der Waals surface area contributed by atoms with E-state index in [2.05, 4.69) is 15.9 Å². The van der Waals surface area contributed by atoms with Gasteiger partial charge < -0.3 is 5.11 Å². The molecule has 0 atom stereocenters. The molecule has 0 aliphatic rings. The molecule has 1 N–H and O–H groups in total. The number of aldehydes is 1. The number of phenols is 1. The van der Waals surface area contributed by atoms with Crippen LogP contribution < -0.4 is 0 Å². The van der Waals surface area contributed by atoms with E-state index >= 15 is 0 Å². The van der Waals surface area contributed by atoms with Crippen molar-refractivity contribution < 1.29 is 9.90 Å². The summed E-state index contributed by atoms with van der Waals surface area (Å²) in [7, 11) is 0. The van der Waals surface area contributed by atoms with E-state index in [0.29, 0.717) is 10.8 Å². The molecule has 1 aromatic carbocycles. The number of carbonyl (C=O) groups is 1. The largest absolute Gasteiger partial charge is 0.505 e. The monoisotopic (exact) mass is 268 g/mol. The second-order valence-corrected chi connectivity index (χ2v) is 3.67. The third kappa shape index (κ3) is 1.58. The quantitative estimate of drug-likeness (QED) is 0.795. The second-order valence-electron chi connectivity index (χ2n) is 2.03. The molecular formula is C7H3BrCl2O2. The normalized spacial score (nSPS) is 9.92. The van der Waals surface area contributed by atoms with Gasteiger partial charge in [-0.3, -0.25) is 4.79 Å². The van der Waals surface area contributed by atoms with Gasteiger partial charge in [0, 0.05) is 4.47 Å². The van der Waals surface area contributed by atoms with Crippen LogP contribution in [0.5, 0.6) is 5.75 Å². The molecule has 64 valence electrons. The zero-order chi connectivity index (χ0) is 9.30. The molecule has 0 saturated carbocycles. The number of benzene rings is 1. The minimum Gasteiger partial charge on any atom is -0.505 e. The van der Waals surface area contributed by atoms with Crippen LogP contribution >= 0.6 is 39.1 Å². The van der Waals surface area contributed by atoms with Gasteiger partial charge in [0.25, 0.3) is 0 Å². The fourth-order valence-corrected chi connectivity index (χ4v) is 1.97. The Kier molecular flexibility index (Phi) is 2.99. The number of carbonyl (C=O) groups excluding carboxylic acids is 1. The zero-order valence-corrected chi connectivity index (χ0v) is 8.74. The maximum absolute atomic E-state index is 10.4. The van der Waals surface area contributed by atoms with Crippen molar-refractivity contribution in [2.24, 2.45) is 0 Å². The highest BCUT2D eigenvalue weighted by atomic mass is 79.9. The molecule has 0 aliphatic carbocycles. The Bertz CT molecular complexity index is 339. The summed E-state index contributed by atoms with van der Waals surface area (Å²) in [5.41, 5.74) is 0.193. The number of halogens is 3. The molecule has 5 heteroatoms. The van der Waals surface area contributed by atoms with Crippen LogP contribution in [-0.2, 0) is 0 Å². The summed E-state index contributed by atoms with van der Waals surface area (Å²) < 4.78 is 0.463. The molecule has 0 amide bonds. The predicted molar refractivity (Wildman–Crippen MR) is 51.2 cm³/mol. The fourth-order valence-electron chi connectivity index (χ4n) is 0.703. The summed E-state index contributed by atoms with van der Waals surface area (Å²) in [6.45, 7) is 0. The molecule has 1 aromatic rings. The Balaban J connectivity index is 3.51. The highest BCUT2D eigenvalue weighted by Gasteiger charge is 2.12. The van der Waals surface area contributed by atoms with Crippen LogP contribution in [-0.4, -0.2) is 11.4 Å². The summed E-state index contributed by atoms with van der Waals surface area (Å²) in [6.07, 6.45) is 0.544. The molecule has 0 bridgehead atoms. The highest BCUT2D eigenvalue weighted by Crippen LogP contribution is 2.37. The zero-order valence-electron chi connectivity index (χ0n) is 5.64. The maximum atomic E-state index is 10.4. The number of phenolic OH excluding ortho intramolecular Hbond substituents is 1. The van der Waals surface area contributed by atoms with Crippen molar-refractivity contribution >= 4 is 45.4 Å². The van der Waals surface area contributed by atoms with Crippen LogP contribution in [0.3, 0.4) is 0 Å². The Hall–Kier alpha value is -0.250. The first-order valence-corrected chi connectivity index (χ1v) is 4.44. The van der Waals surface area contributed by atoms with Gasteiger partial charge in [-0.1, -0.05) is 23.2 Å². The minimum atomic E-state index is -0.274. The lowest BCUT2D eigenvalue weighted by molar-refractivity contribution is 0.112. The average molecular weight is 270 g/mol. The van der Waals surface area contributed by atoms with Crippen LogP contribution in [0.4, 0.5) is 0 Å². The van der Waals surface area contributed by atoms with Gasteiger partial charge in [0.2, 0.25) is 0 Å². The van der Waals surface area contributed by atoms with Gasteiger partial charge in [0.15, 0.2) is 12.0 Å². The van der Waals surface area contributed by atoms with Crippen molar-refractivity contribution in [3.05, 3.63) is 26.1 Å². The Morgan fingerprint density at radius 1 is 1.50 bits per heavy atom. The van der Waals surface area contributed by atoms with Gasteiger partial charge >= 0.3 is 0 Å². The van der Waals surface area contributed by atoms with Crippen LogP contribution in [0.1, 0.15) is 10.4 Å². The van der Waals surface area contributed by atoms with Crippen LogP contribution in [0, 0.1) is 0 Å². The summed E-state index contributed by atoms with van der Waals surface area (Å²) in [5, 5.41) is 9.27. The first-order valence-electron chi connectivity index (χ1n) is 2.89. The van der Waals surface area contributed by atoms with Gasteiger partial charge in [-0.25, -0.2) is 0 Å². The minimum absolute atomic E-state index is 0.0376. The molecule has 0 heterocycles. The molecule has 1 rings (SSSR count). The van der Waals surface area contributed by atoms with Crippen LogP contribution in [0.2, 0.25) is 10.0 Å². The lowest BCUT2D eigenvalue weighted by Gasteiger charge is -2.03. The molecule has 0 radical (unpaired) electrons. The first-order chi connectivity index (χ1) is 5.57. The standard InChI is InChI=1S/C7H3BrCl2O2/c8-4-1-5(9)7(12)6(10)3(4)2-11/h1-2,12H. The first kappa shape index (κ1) is 9.84. The van der Waals surface area contributed by atoms with Gasteiger partial charge in [0.1, 0.15) is 0 Å². The van der Waals surface area contributed by atoms with Gasteiger partial charge in [-0.15, -0.1) is 0 Å². The topological polar surface area (TPSA) is 37.3 Å². The summed E-state index contributed by atoms with van der Waals surface area (Å²) >= 11 is 14.3. The van der Waals surface area contributed by atoms with Crippen molar-refractivity contribution in [3.63, 3.8) is 0 Å². The average Bonchev–Trinajstić information content (AvgIpc) is 2.01. The fraction of sp³-hybridized carbons (Fsp3) is 0. The number of hydrogen-bond acceptors (Lipinski definition) is 2. The second kappa shape index (κ2) is 3.64. The molecule has 0 aliphatic heterocycles. The lowest BCUT2D eigenvalue weighted by Crippen LogP contribution is -1.85. The molecule has 0 fully saturated rings. The molecule has 0 aromatic heterocycles. The number of aromatic hydroxyl groups is 1. The third-order valence-electron chi connectivity index (χ3n) is 1.30. The molecule has 0 unspecified atom stereocenters. The van der Waals surface area contributed by atoms with E-state index in [0.717, 1.165) is 0 Å². The van der Waals surface area contributed by atoms with Crippen molar-refractivity contribution in [1.29, 1.82) is 0 Å². The summed E-state index contributed by atoms with van der Waals surface area (Å²) in [4.78, 5) is 10.4. The lowest BCUT2D eigenvalue weighted by atomic mass is 10.2.